The predicted octanol–water partition coefficient (Wildman–Crippen LogP) is 4.79. The maximum absolute atomic E-state index is 4.79. The van der Waals surface area contributed by atoms with Crippen molar-refractivity contribution in [1.82, 2.24) is 15.6 Å². The molecule has 176 valence electrons. The van der Waals surface area contributed by atoms with Crippen LogP contribution in [-0.2, 0) is 13.0 Å². The molecule has 2 N–H and O–H groups in total. The van der Waals surface area contributed by atoms with E-state index in [2.05, 4.69) is 96.1 Å². The van der Waals surface area contributed by atoms with E-state index < -0.39 is 0 Å². The highest BCUT2D eigenvalue weighted by atomic mass is 14.9. The molecule has 0 saturated carbocycles. The lowest BCUT2D eigenvalue weighted by Crippen LogP contribution is -2.25. The first-order valence-electron chi connectivity index (χ1n) is 12.5. The van der Waals surface area contributed by atoms with Crippen LogP contribution in [0, 0.1) is 6.92 Å². The second-order valence-corrected chi connectivity index (χ2v) is 9.53. The zero-order valence-corrected chi connectivity index (χ0v) is 20.5. The summed E-state index contributed by atoms with van der Waals surface area (Å²) in [5, 5.41) is 9.29. The van der Waals surface area contributed by atoms with Gasteiger partial charge in [-0.05, 0) is 106 Å². The molecule has 0 unspecified atom stereocenters. The number of allylic oxidation sites excluding steroid dienone is 7. The fraction of sp³-hybridized carbons (Fsp3) is 0.121. The third kappa shape index (κ3) is 4.41. The molecule has 3 heteroatoms. The van der Waals surface area contributed by atoms with Crippen molar-refractivity contribution in [1.29, 1.82) is 0 Å². The van der Waals surface area contributed by atoms with E-state index in [1.165, 1.54) is 32.7 Å². The molecule has 1 aromatic heterocycles. The van der Waals surface area contributed by atoms with E-state index in [1.807, 2.05) is 25.3 Å². The average Bonchev–Trinajstić information content (AvgIpc) is 3.24. The Hall–Kier alpha value is -4.21. The molecule has 1 aliphatic carbocycles. The van der Waals surface area contributed by atoms with E-state index in [0.717, 1.165) is 53.3 Å². The van der Waals surface area contributed by atoms with Gasteiger partial charge in [-0.15, -0.1) is 0 Å². The molecule has 3 aromatic rings. The van der Waals surface area contributed by atoms with E-state index >= 15 is 0 Å². The van der Waals surface area contributed by atoms with E-state index in [1.54, 1.807) is 0 Å². The van der Waals surface area contributed by atoms with Crippen LogP contribution in [0.15, 0.2) is 97.3 Å². The average molecular weight is 468 g/mol. The monoisotopic (exact) mass is 467 g/mol. The van der Waals surface area contributed by atoms with E-state index in [9.17, 15) is 0 Å². The Balaban J connectivity index is 1.49. The van der Waals surface area contributed by atoms with Crippen molar-refractivity contribution in [2.75, 3.05) is 6.54 Å². The minimum absolute atomic E-state index is 0.934. The largest absolute Gasteiger partial charge is 0.359 e. The zero-order chi connectivity index (χ0) is 24.5. The molecule has 0 amide bonds. The first kappa shape index (κ1) is 22.3. The molecule has 6 rings (SSSR count). The molecular weight excluding hydrogens is 438 g/mol. The van der Waals surface area contributed by atoms with Crippen molar-refractivity contribution < 1.29 is 0 Å². The van der Waals surface area contributed by atoms with Gasteiger partial charge in [0.2, 0.25) is 0 Å². The van der Waals surface area contributed by atoms with Gasteiger partial charge in [-0.3, -0.25) is 4.98 Å². The van der Waals surface area contributed by atoms with Gasteiger partial charge in [-0.2, -0.15) is 0 Å². The molecule has 0 bridgehead atoms. The molecule has 3 aliphatic rings. The third-order valence-electron chi connectivity index (χ3n) is 6.93. The quantitative estimate of drug-likeness (QED) is 0.582. The molecule has 3 heterocycles. The minimum atomic E-state index is 0.934. The topological polar surface area (TPSA) is 37.0 Å². The lowest BCUT2D eigenvalue weighted by molar-refractivity contribution is 0.643. The summed E-state index contributed by atoms with van der Waals surface area (Å²) in [6.45, 7) is 8.33. The lowest BCUT2D eigenvalue weighted by Gasteiger charge is -2.18. The summed E-state index contributed by atoms with van der Waals surface area (Å²) < 4.78 is 0. The van der Waals surface area contributed by atoms with Crippen LogP contribution < -0.4 is 21.1 Å². The van der Waals surface area contributed by atoms with Gasteiger partial charge in [-0.1, -0.05) is 55.1 Å². The van der Waals surface area contributed by atoms with Crippen LogP contribution in [-0.4, -0.2) is 11.5 Å². The molecule has 0 fully saturated rings. The highest BCUT2D eigenvalue weighted by Gasteiger charge is 2.14. The van der Waals surface area contributed by atoms with Gasteiger partial charge < -0.3 is 10.6 Å². The summed E-state index contributed by atoms with van der Waals surface area (Å²) in [4.78, 5) is 4.79. The predicted molar refractivity (Wildman–Crippen MR) is 151 cm³/mol. The lowest BCUT2D eigenvalue weighted by atomic mass is 9.94. The fourth-order valence-corrected chi connectivity index (χ4v) is 5.11. The second-order valence-electron chi connectivity index (χ2n) is 9.53. The smallest absolute Gasteiger partial charge is 0.0873 e. The number of nitrogens with one attached hydrogen (secondary N) is 2. The Morgan fingerprint density at radius 1 is 0.861 bits per heavy atom. The van der Waals surface area contributed by atoms with Gasteiger partial charge in [-0.25, -0.2) is 0 Å². The van der Waals surface area contributed by atoms with Crippen molar-refractivity contribution in [3.63, 3.8) is 0 Å². The molecule has 2 aromatic carbocycles. The molecular formula is C33H29N3. The minimum Gasteiger partial charge on any atom is -0.359 e. The second kappa shape index (κ2) is 9.44. The molecule has 0 radical (unpaired) electrons. The highest BCUT2D eigenvalue weighted by Crippen LogP contribution is 2.27. The summed E-state index contributed by atoms with van der Waals surface area (Å²) >= 11 is 0. The fourth-order valence-electron chi connectivity index (χ4n) is 5.11. The standard InChI is InChI=1S/C33H29N3/c1-22-16-24-9-11-27(31-7-3-4-14-35-33(31)32-8-5-6-23(2)36-32)19-30(24)20-29(17-22)25-10-12-28-21-34-15-13-26(28)18-25/h3-12,14,16-20,34-35H,1,13,15,21H2,2H3. The summed E-state index contributed by atoms with van der Waals surface area (Å²) in [5.41, 5.74) is 11.5. The summed E-state index contributed by atoms with van der Waals surface area (Å²) in [7, 11) is 0. The van der Waals surface area contributed by atoms with Crippen LogP contribution in [0.4, 0.5) is 0 Å². The van der Waals surface area contributed by atoms with E-state index in [4.69, 9.17) is 4.98 Å². The number of fused-ring (bicyclic) bond motifs is 2. The summed E-state index contributed by atoms with van der Waals surface area (Å²) in [6.07, 6.45) is 15.9. The van der Waals surface area contributed by atoms with Crippen LogP contribution in [0.3, 0.4) is 0 Å². The maximum atomic E-state index is 4.79. The number of aromatic nitrogens is 1. The number of benzene rings is 2. The number of hydrogen-bond donors (Lipinski definition) is 2. The van der Waals surface area contributed by atoms with Gasteiger partial charge in [0.15, 0.2) is 0 Å². The number of rotatable bonds is 3. The van der Waals surface area contributed by atoms with Gasteiger partial charge in [0.1, 0.15) is 0 Å². The molecule has 3 nitrogen and oxygen atoms in total. The van der Waals surface area contributed by atoms with Crippen molar-refractivity contribution >= 4 is 29.0 Å². The highest BCUT2D eigenvalue weighted by molar-refractivity contribution is 5.96. The number of nitrogens with zero attached hydrogens (tertiary/aromatic N) is 1. The Morgan fingerprint density at radius 3 is 2.69 bits per heavy atom. The third-order valence-corrected chi connectivity index (χ3v) is 6.93. The molecule has 0 spiro atoms. The van der Waals surface area contributed by atoms with Gasteiger partial charge in [0.25, 0.3) is 0 Å². The normalized spacial score (nSPS) is 16.6. The number of hydrogen-bond acceptors (Lipinski definition) is 3. The van der Waals surface area contributed by atoms with Crippen LogP contribution in [0.1, 0.15) is 33.6 Å². The van der Waals surface area contributed by atoms with E-state index in [0.29, 0.717) is 0 Å². The molecule has 0 atom stereocenters. The van der Waals surface area contributed by atoms with Crippen LogP contribution in [0.2, 0.25) is 0 Å². The van der Waals surface area contributed by atoms with E-state index in [-0.39, 0.29) is 0 Å². The molecule has 36 heavy (non-hydrogen) atoms. The Bertz CT molecular complexity index is 1630. The van der Waals surface area contributed by atoms with Crippen molar-refractivity contribution in [2.45, 2.75) is 19.9 Å². The Kier molecular flexibility index (Phi) is 5.84. The van der Waals surface area contributed by atoms with Crippen LogP contribution in [0.25, 0.3) is 29.0 Å². The van der Waals surface area contributed by atoms with Crippen molar-refractivity contribution in [3.05, 3.63) is 141 Å². The van der Waals surface area contributed by atoms with Crippen molar-refractivity contribution in [3.8, 4) is 0 Å². The van der Waals surface area contributed by atoms with Gasteiger partial charge in [0.05, 0.1) is 11.4 Å². The molecule has 2 aliphatic heterocycles. The Morgan fingerprint density at radius 2 is 1.78 bits per heavy atom. The first-order valence-corrected chi connectivity index (χ1v) is 12.5. The first-order chi connectivity index (χ1) is 17.6. The van der Waals surface area contributed by atoms with Crippen LogP contribution >= 0.6 is 0 Å². The van der Waals surface area contributed by atoms with Gasteiger partial charge >= 0.3 is 0 Å². The summed E-state index contributed by atoms with van der Waals surface area (Å²) in [5.74, 6) is 0. The SMILES string of the molecule is C=C1C=C(c2ccc3c(c2)CCNC3)C=c2cc(C3=C(c4cccc(C)n4)NC=CC=C3)ccc2=C1. The number of aryl methyl sites for hydroxylation is 1. The van der Waals surface area contributed by atoms with Gasteiger partial charge in [0, 0.05) is 24.0 Å². The molecule has 0 saturated heterocycles. The Labute approximate surface area is 212 Å². The summed E-state index contributed by atoms with van der Waals surface area (Å²) in [6, 6.07) is 19.7. The number of pyridine rings is 1. The maximum Gasteiger partial charge on any atom is 0.0873 e. The zero-order valence-electron chi connectivity index (χ0n) is 20.5. The van der Waals surface area contributed by atoms with Crippen molar-refractivity contribution in [2.24, 2.45) is 0 Å². The van der Waals surface area contributed by atoms with Crippen LogP contribution in [0.5, 0.6) is 0 Å².